The van der Waals surface area contributed by atoms with Crippen LogP contribution in [0.2, 0.25) is 5.02 Å². The molecule has 3 aromatic carbocycles. The SMILES string of the molecule is O=C(Nc1ccc2c(c1)N(CCOc1ccc(Cl)cc1)C(=O)CO2)c1ccc([N+](=O)[O-])cc1. The van der Waals surface area contributed by atoms with Crippen molar-refractivity contribution >= 4 is 40.5 Å². The number of halogens is 1. The smallest absolute Gasteiger partial charge is 0.269 e. The lowest BCUT2D eigenvalue weighted by Crippen LogP contribution is -2.41. The molecule has 1 N–H and O–H groups in total. The number of ether oxygens (including phenoxy) is 2. The monoisotopic (exact) mass is 467 g/mol. The number of nitrogens with one attached hydrogen (secondary N) is 1. The molecule has 0 fully saturated rings. The van der Waals surface area contributed by atoms with Crippen molar-refractivity contribution in [3.63, 3.8) is 0 Å². The summed E-state index contributed by atoms with van der Waals surface area (Å²) in [5, 5.41) is 14.1. The number of benzene rings is 3. The molecule has 0 saturated carbocycles. The van der Waals surface area contributed by atoms with Crippen LogP contribution in [-0.4, -0.2) is 36.5 Å². The van der Waals surface area contributed by atoms with E-state index in [2.05, 4.69) is 5.32 Å². The molecule has 0 unspecified atom stereocenters. The molecule has 9 nitrogen and oxygen atoms in total. The third kappa shape index (κ3) is 5.21. The van der Waals surface area contributed by atoms with Crippen molar-refractivity contribution in [1.29, 1.82) is 0 Å². The zero-order valence-corrected chi connectivity index (χ0v) is 17.9. The van der Waals surface area contributed by atoms with Crippen LogP contribution >= 0.6 is 11.6 Å². The highest BCUT2D eigenvalue weighted by Gasteiger charge is 2.26. The summed E-state index contributed by atoms with van der Waals surface area (Å²) in [5.74, 6) is 0.463. The zero-order chi connectivity index (χ0) is 23.4. The van der Waals surface area contributed by atoms with Crippen molar-refractivity contribution in [2.75, 3.05) is 30.0 Å². The number of rotatable bonds is 7. The van der Waals surface area contributed by atoms with Crippen LogP contribution in [0.15, 0.2) is 66.7 Å². The molecular formula is C23H18ClN3O6. The second-order valence-electron chi connectivity index (χ2n) is 7.08. The molecule has 0 radical (unpaired) electrons. The Morgan fingerprint density at radius 1 is 1.12 bits per heavy atom. The molecule has 33 heavy (non-hydrogen) atoms. The maximum atomic E-state index is 12.5. The highest BCUT2D eigenvalue weighted by molar-refractivity contribution is 6.30. The van der Waals surface area contributed by atoms with Gasteiger partial charge in [-0.3, -0.25) is 19.7 Å². The molecule has 4 rings (SSSR count). The molecule has 0 saturated heterocycles. The molecular weight excluding hydrogens is 450 g/mol. The fraction of sp³-hybridized carbons (Fsp3) is 0.130. The van der Waals surface area contributed by atoms with Crippen molar-refractivity contribution in [3.05, 3.63) is 87.4 Å². The summed E-state index contributed by atoms with van der Waals surface area (Å²) in [4.78, 5) is 36.8. The lowest BCUT2D eigenvalue weighted by atomic mass is 10.1. The van der Waals surface area contributed by atoms with Gasteiger partial charge in [-0.05, 0) is 54.6 Å². The van der Waals surface area contributed by atoms with E-state index >= 15 is 0 Å². The summed E-state index contributed by atoms with van der Waals surface area (Å²) in [5.41, 5.74) is 1.11. The van der Waals surface area contributed by atoms with Crippen molar-refractivity contribution in [2.45, 2.75) is 0 Å². The fourth-order valence-corrected chi connectivity index (χ4v) is 3.37. The number of nitro benzene ring substituents is 1. The Morgan fingerprint density at radius 2 is 1.85 bits per heavy atom. The highest BCUT2D eigenvalue weighted by atomic mass is 35.5. The molecule has 0 bridgehead atoms. The summed E-state index contributed by atoms with van der Waals surface area (Å²) in [6.45, 7) is 0.423. The quantitative estimate of drug-likeness (QED) is 0.409. The number of hydrogen-bond acceptors (Lipinski definition) is 6. The van der Waals surface area contributed by atoms with Crippen LogP contribution in [0.5, 0.6) is 11.5 Å². The molecule has 0 spiro atoms. The second-order valence-corrected chi connectivity index (χ2v) is 7.51. The predicted molar refractivity (Wildman–Crippen MR) is 122 cm³/mol. The standard InChI is InChI=1S/C23H18ClN3O6/c24-16-3-8-19(9-4-16)32-12-11-26-20-13-17(5-10-21(20)33-14-22(26)28)25-23(29)15-1-6-18(7-2-15)27(30)31/h1-10,13H,11-12,14H2,(H,25,29). The molecule has 0 atom stereocenters. The summed E-state index contributed by atoms with van der Waals surface area (Å²) in [6.07, 6.45) is 0. The minimum atomic E-state index is -0.534. The number of hydrogen-bond donors (Lipinski definition) is 1. The molecule has 1 aliphatic rings. The third-order valence-electron chi connectivity index (χ3n) is 4.90. The van der Waals surface area contributed by atoms with E-state index in [1.165, 1.54) is 29.2 Å². The summed E-state index contributed by atoms with van der Waals surface area (Å²) < 4.78 is 11.2. The molecule has 1 heterocycles. The Hall–Kier alpha value is -4.11. The van der Waals surface area contributed by atoms with Crippen LogP contribution in [-0.2, 0) is 4.79 Å². The normalized spacial score (nSPS) is 12.5. The lowest BCUT2D eigenvalue weighted by Gasteiger charge is -2.29. The second kappa shape index (κ2) is 9.58. The van der Waals surface area contributed by atoms with E-state index in [0.29, 0.717) is 27.9 Å². The van der Waals surface area contributed by atoms with Gasteiger partial charge in [0, 0.05) is 28.4 Å². The van der Waals surface area contributed by atoms with Gasteiger partial charge in [-0.25, -0.2) is 0 Å². The maximum Gasteiger partial charge on any atom is 0.269 e. The average Bonchev–Trinajstić information content (AvgIpc) is 2.81. The third-order valence-corrected chi connectivity index (χ3v) is 5.15. The Kier molecular flexibility index (Phi) is 6.41. The Bertz CT molecular complexity index is 1200. The molecule has 2 amide bonds. The molecule has 0 aliphatic carbocycles. The number of nitro groups is 1. The summed E-state index contributed by atoms with van der Waals surface area (Å²) in [7, 11) is 0. The lowest BCUT2D eigenvalue weighted by molar-refractivity contribution is -0.384. The molecule has 10 heteroatoms. The topological polar surface area (TPSA) is 111 Å². The predicted octanol–water partition coefficient (Wildman–Crippen LogP) is 4.30. The van der Waals surface area contributed by atoms with Gasteiger partial charge in [0.15, 0.2) is 6.61 Å². The van der Waals surface area contributed by atoms with E-state index in [0.717, 1.165) is 0 Å². The van der Waals surface area contributed by atoms with Gasteiger partial charge in [0.25, 0.3) is 17.5 Å². The first-order chi connectivity index (χ1) is 15.9. The van der Waals surface area contributed by atoms with Gasteiger partial charge in [-0.1, -0.05) is 11.6 Å². The first kappa shape index (κ1) is 22.1. The molecule has 168 valence electrons. The van der Waals surface area contributed by atoms with E-state index in [9.17, 15) is 19.7 Å². The largest absolute Gasteiger partial charge is 0.492 e. The minimum absolute atomic E-state index is 0.0948. The Labute approximate surface area is 193 Å². The van der Waals surface area contributed by atoms with Crippen LogP contribution in [0.4, 0.5) is 17.1 Å². The number of amides is 2. The van der Waals surface area contributed by atoms with Gasteiger partial charge in [0.05, 0.1) is 17.2 Å². The van der Waals surface area contributed by atoms with E-state index in [-0.39, 0.29) is 36.9 Å². The number of anilines is 2. The number of carbonyl (C=O) groups is 2. The van der Waals surface area contributed by atoms with Gasteiger partial charge < -0.3 is 19.7 Å². The summed E-state index contributed by atoms with van der Waals surface area (Å²) in [6, 6.07) is 17.1. The van der Waals surface area contributed by atoms with Gasteiger partial charge in [-0.15, -0.1) is 0 Å². The van der Waals surface area contributed by atoms with E-state index in [1.807, 2.05) is 0 Å². The van der Waals surface area contributed by atoms with E-state index < -0.39 is 10.8 Å². The van der Waals surface area contributed by atoms with Crippen molar-refractivity contribution < 1.29 is 24.0 Å². The molecule has 3 aromatic rings. The van der Waals surface area contributed by atoms with Gasteiger partial charge >= 0.3 is 0 Å². The van der Waals surface area contributed by atoms with Crippen molar-refractivity contribution in [1.82, 2.24) is 0 Å². The summed E-state index contributed by atoms with van der Waals surface area (Å²) >= 11 is 5.87. The molecule has 1 aliphatic heterocycles. The van der Waals surface area contributed by atoms with Crippen LogP contribution in [0.3, 0.4) is 0 Å². The van der Waals surface area contributed by atoms with Crippen molar-refractivity contribution in [3.8, 4) is 11.5 Å². The highest BCUT2D eigenvalue weighted by Crippen LogP contribution is 2.34. The first-order valence-electron chi connectivity index (χ1n) is 9.92. The Morgan fingerprint density at radius 3 is 2.55 bits per heavy atom. The van der Waals surface area contributed by atoms with E-state index in [4.69, 9.17) is 21.1 Å². The average molecular weight is 468 g/mol. The van der Waals surface area contributed by atoms with Crippen molar-refractivity contribution in [2.24, 2.45) is 0 Å². The van der Waals surface area contributed by atoms with Gasteiger partial charge in [0.1, 0.15) is 18.1 Å². The Balaban J connectivity index is 1.46. The number of nitrogens with zero attached hydrogens (tertiary/aromatic N) is 2. The number of carbonyl (C=O) groups excluding carboxylic acids is 2. The van der Waals surface area contributed by atoms with Crippen LogP contribution < -0.4 is 19.7 Å². The van der Waals surface area contributed by atoms with Crippen LogP contribution in [0, 0.1) is 10.1 Å². The maximum absolute atomic E-state index is 12.5. The number of fused-ring (bicyclic) bond motifs is 1. The van der Waals surface area contributed by atoms with E-state index in [1.54, 1.807) is 42.5 Å². The zero-order valence-electron chi connectivity index (χ0n) is 17.2. The minimum Gasteiger partial charge on any atom is -0.492 e. The number of non-ortho nitro benzene ring substituents is 1. The fourth-order valence-electron chi connectivity index (χ4n) is 3.25. The first-order valence-corrected chi connectivity index (χ1v) is 10.3. The van der Waals surface area contributed by atoms with Gasteiger partial charge in [-0.2, -0.15) is 0 Å². The van der Waals surface area contributed by atoms with Crippen LogP contribution in [0.25, 0.3) is 0 Å². The molecule has 0 aromatic heterocycles. The van der Waals surface area contributed by atoms with Gasteiger partial charge in [0.2, 0.25) is 0 Å². The van der Waals surface area contributed by atoms with Crippen LogP contribution in [0.1, 0.15) is 10.4 Å².